The van der Waals surface area contributed by atoms with Crippen LogP contribution in [0.4, 0.5) is 0 Å². The fraction of sp³-hybridized carbons (Fsp3) is 0.438. The van der Waals surface area contributed by atoms with E-state index >= 15 is 0 Å². The minimum absolute atomic E-state index is 0.255. The SMILES string of the molecule is CCNC(Cc1ccc(C(C)C)cc1)c1ncc[nH]1. The molecule has 2 rings (SSSR count). The van der Waals surface area contributed by atoms with Crippen LogP contribution in [0.3, 0.4) is 0 Å². The zero-order chi connectivity index (χ0) is 13.7. The first kappa shape index (κ1) is 13.8. The van der Waals surface area contributed by atoms with E-state index in [1.165, 1.54) is 11.1 Å². The zero-order valence-corrected chi connectivity index (χ0v) is 12.0. The van der Waals surface area contributed by atoms with Gasteiger partial charge in [0.05, 0.1) is 6.04 Å². The Labute approximate surface area is 115 Å². The minimum Gasteiger partial charge on any atom is -0.347 e. The van der Waals surface area contributed by atoms with Crippen molar-refractivity contribution >= 4 is 0 Å². The van der Waals surface area contributed by atoms with Gasteiger partial charge in [-0.2, -0.15) is 0 Å². The summed E-state index contributed by atoms with van der Waals surface area (Å²) in [5, 5.41) is 3.48. The Morgan fingerprint density at radius 1 is 1.21 bits per heavy atom. The first-order chi connectivity index (χ1) is 9.20. The van der Waals surface area contributed by atoms with Crippen molar-refractivity contribution in [1.29, 1.82) is 0 Å². The van der Waals surface area contributed by atoms with Crippen LogP contribution in [0.2, 0.25) is 0 Å². The molecule has 1 atom stereocenters. The standard InChI is InChI=1S/C16H23N3/c1-4-17-15(16-18-9-10-19-16)11-13-5-7-14(8-6-13)12(2)3/h5-10,12,15,17H,4,11H2,1-3H3,(H,18,19). The van der Waals surface area contributed by atoms with Crippen molar-refractivity contribution in [2.45, 2.75) is 39.2 Å². The molecule has 3 nitrogen and oxygen atoms in total. The lowest BCUT2D eigenvalue weighted by Gasteiger charge is -2.16. The average Bonchev–Trinajstić information content (AvgIpc) is 2.92. The van der Waals surface area contributed by atoms with E-state index in [9.17, 15) is 0 Å². The van der Waals surface area contributed by atoms with E-state index in [1.807, 2.05) is 12.4 Å². The number of aromatic amines is 1. The highest BCUT2D eigenvalue weighted by Crippen LogP contribution is 2.18. The lowest BCUT2D eigenvalue weighted by Crippen LogP contribution is -2.24. The molecule has 0 aliphatic rings. The summed E-state index contributed by atoms with van der Waals surface area (Å²) in [6, 6.07) is 9.16. The minimum atomic E-state index is 0.255. The highest BCUT2D eigenvalue weighted by molar-refractivity contribution is 5.25. The van der Waals surface area contributed by atoms with Gasteiger partial charge in [0.15, 0.2) is 0 Å². The van der Waals surface area contributed by atoms with Crippen molar-refractivity contribution in [3.63, 3.8) is 0 Å². The number of nitrogens with zero attached hydrogens (tertiary/aromatic N) is 1. The summed E-state index contributed by atoms with van der Waals surface area (Å²) >= 11 is 0. The molecule has 0 aliphatic carbocycles. The molecule has 1 unspecified atom stereocenters. The molecule has 0 bridgehead atoms. The highest BCUT2D eigenvalue weighted by atomic mass is 15.0. The van der Waals surface area contributed by atoms with Crippen molar-refractivity contribution in [3.05, 3.63) is 53.6 Å². The van der Waals surface area contributed by atoms with Crippen molar-refractivity contribution < 1.29 is 0 Å². The number of hydrogen-bond acceptors (Lipinski definition) is 2. The quantitative estimate of drug-likeness (QED) is 0.832. The van der Waals surface area contributed by atoms with Gasteiger partial charge in [-0.3, -0.25) is 0 Å². The number of nitrogens with one attached hydrogen (secondary N) is 2. The van der Waals surface area contributed by atoms with E-state index in [-0.39, 0.29) is 6.04 Å². The molecule has 0 saturated carbocycles. The summed E-state index contributed by atoms with van der Waals surface area (Å²) in [7, 11) is 0. The molecular weight excluding hydrogens is 234 g/mol. The Bertz CT molecular complexity index is 471. The van der Waals surface area contributed by atoms with Gasteiger partial charge in [-0.25, -0.2) is 4.98 Å². The molecule has 2 N–H and O–H groups in total. The molecular formula is C16H23N3. The predicted octanol–water partition coefficient (Wildman–Crippen LogP) is 3.43. The lowest BCUT2D eigenvalue weighted by atomic mass is 9.99. The normalized spacial score (nSPS) is 12.8. The number of rotatable bonds is 6. The van der Waals surface area contributed by atoms with E-state index in [2.05, 4.69) is 60.3 Å². The predicted molar refractivity (Wildman–Crippen MR) is 79.2 cm³/mol. The van der Waals surface area contributed by atoms with Crippen LogP contribution < -0.4 is 5.32 Å². The van der Waals surface area contributed by atoms with Crippen LogP contribution in [-0.2, 0) is 6.42 Å². The third kappa shape index (κ3) is 3.67. The molecule has 0 fully saturated rings. The molecule has 2 aromatic rings. The van der Waals surface area contributed by atoms with Crippen LogP contribution >= 0.6 is 0 Å². The second-order valence-electron chi connectivity index (χ2n) is 5.19. The summed E-state index contributed by atoms with van der Waals surface area (Å²) in [5.74, 6) is 1.60. The van der Waals surface area contributed by atoms with Gasteiger partial charge in [0.1, 0.15) is 5.82 Å². The summed E-state index contributed by atoms with van der Waals surface area (Å²) in [6.45, 7) is 7.51. The molecule has 0 aliphatic heterocycles. The lowest BCUT2D eigenvalue weighted by molar-refractivity contribution is 0.526. The van der Waals surface area contributed by atoms with Gasteiger partial charge >= 0.3 is 0 Å². The Hall–Kier alpha value is -1.61. The van der Waals surface area contributed by atoms with Gasteiger partial charge in [-0.05, 0) is 30.0 Å². The molecule has 1 heterocycles. The molecule has 0 radical (unpaired) electrons. The number of likely N-dealkylation sites (N-methyl/N-ethyl adjacent to an activating group) is 1. The van der Waals surface area contributed by atoms with Gasteiger partial charge in [0.25, 0.3) is 0 Å². The largest absolute Gasteiger partial charge is 0.347 e. The maximum Gasteiger partial charge on any atom is 0.123 e. The number of aromatic nitrogens is 2. The van der Waals surface area contributed by atoms with Gasteiger partial charge in [0.2, 0.25) is 0 Å². The first-order valence-electron chi connectivity index (χ1n) is 7.02. The van der Waals surface area contributed by atoms with Gasteiger partial charge in [0, 0.05) is 12.4 Å². The van der Waals surface area contributed by atoms with Crippen LogP contribution in [0.5, 0.6) is 0 Å². The third-order valence-electron chi connectivity index (χ3n) is 3.39. The Morgan fingerprint density at radius 3 is 2.47 bits per heavy atom. The van der Waals surface area contributed by atoms with Crippen LogP contribution in [0.1, 0.15) is 49.7 Å². The van der Waals surface area contributed by atoms with Crippen molar-refractivity contribution in [3.8, 4) is 0 Å². The molecule has 0 amide bonds. The fourth-order valence-electron chi connectivity index (χ4n) is 2.25. The summed E-state index contributed by atoms with van der Waals surface area (Å²) in [5.41, 5.74) is 2.73. The number of benzene rings is 1. The highest BCUT2D eigenvalue weighted by Gasteiger charge is 2.13. The van der Waals surface area contributed by atoms with Crippen molar-refractivity contribution in [2.75, 3.05) is 6.54 Å². The van der Waals surface area contributed by atoms with E-state index in [0.29, 0.717) is 5.92 Å². The smallest absolute Gasteiger partial charge is 0.123 e. The second kappa shape index (κ2) is 6.53. The molecule has 1 aromatic heterocycles. The number of H-pyrrole nitrogens is 1. The second-order valence-corrected chi connectivity index (χ2v) is 5.19. The van der Waals surface area contributed by atoms with E-state index in [1.54, 1.807) is 0 Å². The van der Waals surface area contributed by atoms with Gasteiger partial charge < -0.3 is 10.3 Å². The molecule has 1 aromatic carbocycles. The van der Waals surface area contributed by atoms with Crippen LogP contribution in [0.25, 0.3) is 0 Å². The molecule has 19 heavy (non-hydrogen) atoms. The summed E-state index contributed by atoms with van der Waals surface area (Å²) in [6.07, 6.45) is 4.64. The monoisotopic (exact) mass is 257 g/mol. The van der Waals surface area contributed by atoms with Crippen LogP contribution in [0, 0.1) is 0 Å². The Morgan fingerprint density at radius 2 is 1.95 bits per heavy atom. The third-order valence-corrected chi connectivity index (χ3v) is 3.39. The fourth-order valence-corrected chi connectivity index (χ4v) is 2.25. The van der Waals surface area contributed by atoms with E-state index in [4.69, 9.17) is 0 Å². The zero-order valence-electron chi connectivity index (χ0n) is 12.0. The van der Waals surface area contributed by atoms with Crippen LogP contribution in [0.15, 0.2) is 36.7 Å². The molecule has 3 heteroatoms. The topological polar surface area (TPSA) is 40.7 Å². The van der Waals surface area contributed by atoms with Crippen molar-refractivity contribution in [2.24, 2.45) is 0 Å². The number of imidazole rings is 1. The van der Waals surface area contributed by atoms with Gasteiger partial charge in [-0.1, -0.05) is 45.0 Å². The van der Waals surface area contributed by atoms with Gasteiger partial charge in [-0.15, -0.1) is 0 Å². The number of hydrogen-bond donors (Lipinski definition) is 2. The maximum atomic E-state index is 4.36. The summed E-state index contributed by atoms with van der Waals surface area (Å²) in [4.78, 5) is 7.56. The van der Waals surface area contributed by atoms with E-state index < -0.39 is 0 Å². The first-order valence-corrected chi connectivity index (χ1v) is 7.02. The van der Waals surface area contributed by atoms with Crippen LogP contribution in [-0.4, -0.2) is 16.5 Å². The molecule has 102 valence electrons. The summed E-state index contributed by atoms with van der Waals surface area (Å²) < 4.78 is 0. The maximum absolute atomic E-state index is 4.36. The average molecular weight is 257 g/mol. The molecule has 0 spiro atoms. The Balaban J connectivity index is 2.09. The Kier molecular flexibility index (Phi) is 4.74. The van der Waals surface area contributed by atoms with E-state index in [0.717, 1.165) is 18.8 Å². The van der Waals surface area contributed by atoms with Crippen molar-refractivity contribution in [1.82, 2.24) is 15.3 Å². The molecule has 0 saturated heterocycles.